The number of hydrogen-bond donors (Lipinski definition) is 1. The van der Waals surface area contributed by atoms with Gasteiger partial charge in [0.05, 0.1) is 13.2 Å². The highest BCUT2D eigenvalue weighted by atomic mass is 16.5. The summed E-state index contributed by atoms with van der Waals surface area (Å²) in [6, 6.07) is 20.5. The second kappa shape index (κ2) is 6.75. The third-order valence-electron chi connectivity index (χ3n) is 4.33. The summed E-state index contributed by atoms with van der Waals surface area (Å²) >= 11 is 0. The first-order chi connectivity index (χ1) is 10.8. The Kier molecular flexibility index (Phi) is 4.54. The molecule has 1 atom stereocenters. The van der Waals surface area contributed by atoms with E-state index >= 15 is 0 Å². The molecule has 3 heteroatoms. The Balaban J connectivity index is 1.71. The lowest BCUT2D eigenvalue weighted by atomic mass is 9.75. The lowest BCUT2D eigenvalue weighted by molar-refractivity contribution is -0.124. The summed E-state index contributed by atoms with van der Waals surface area (Å²) in [5.74, 6) is 0.134. The highest BCUT2D eigenvalue weighted by molar-refractivity contribution is 5.77. The van der Waals surface area contributed by atoms with E-state index in [0.29, 0.717) is 26.2 Å². The minimum Gasteiger partial charge on any atom is -0.376 e. The maximum Gasteiger partial charge on any atom is 0.220 e. The summed E-state index contributed by atoms with van der Waals surface area (Å²) in [7, 11) is 0. The van der Waals surface area contributed by atoms with Gasteiger partial charge in [0.25, 0.3) is 0 Å². The molecule has 3 nitrogen and oxygen atoms in total. The van der Waals surface area contributed by atoms with Gasteiger partial charge in [-0.3, -0.25) is 4.79 Å². The van der Waals surface area contributed by atoms with Crippen molar-refractivity contribution in [3.8, 4) is 0 Å². The van der Waals surface area contributed by atoms with Crippen molar-refractivity contribution >= 4 is 5.91 Å². The van der Waals surface area contributed by atoms with Crippen LogP contribution in [0.2, 0.25) is 0 Å². The summed E-state index contributed by atoms with van der Waals surface area (Å²) in [6.45, 7) is 1.86. The molecule has 1 heterocycles. The van der Waals surface area contributed by atoms with Crippen LogP contribution in [-0.4, -0.2) is 19.1 Å². The van der Waals surface area contributed by atoms with Crippen LogP contribution in [0.15, 0.2) is 60.7 Å². The fourth-order valence-electron chi connectivity index (χ4n) is 2.98. The zero-order valence-electron chi connectivity index (χ0n) is 12.6. The number of carbonyl (C=O) groups excluding carboxylic acids is 1. The van der Waals surface area contributed by atoms with Gasteiger partial charge in [0.2, 0.25) is 5.91 Å². The molecule has 0 radical (unpaired) electrons. The number of rotatable bonds is 5. The van der Waals surface area contributed by atoms with Gasteiger partial charge in [0.15, 0.2) is 0 Å². The van der Waals surface area contributed by atoms with Crippen LogP contribution in [0.1, 0.15) is 24.0 Å². The van der Waals surface area contributed by atoms with Gasteiger partial charge in [-0.25, -0.2) is 0 Å². The number of hydrogen-bond acceptors (Lipinski definition) is 2. The van der Waals surface area contributed by atoms with Crippen LogP contribution < -0.4 is 5.32 Å². The molecule has 1 unspecified atom stereocenters. The summed E-state index contributed by atoms with van der Waals surface area (Å²) in [5, 5.41) is 3.00. The number of nitrogens with one attached hydrogen (secondary N) is 1. The minimum atomic E-state index is -0.121. The minimum absolute atomic E-state index is 0.121. The normalized spacial score (nSPS) is 21.4. The summed E-state index contributed by atoms with van der Waals surface area (Å²) in [5.41, 5.74) is 2.29. The molecule has 1 aliphatic heterocycles. The molecule has 22 heavy (non-hydrogen) atoms. The quantitative estimate of drug-likeness (QED) is 0.920. The second-order valence-electron chi connectivity index (χ2n) is 5.90. The molecule has 1 saturated heterocycles. The highest BCUT2D eigenvalue weighted by Crippen LogP contribution is 2.32. The molecule has 1 aliphatic rings. The Morgan fingerprint density at radius 2 is 1.68 bits per heavy atom. The molecule has 2 aromatic rings. The molecule has 3 rings (SSSR count). The highest BCUT2D eigenvalue weighted by Gasteiger charge is 2.36. The Labute approximate surface area is 131 Å². The Morgan fingerprint density at radius 1 is 1.00 bits per heavy atom. The summed E-state index contributed by atoms with van der Waals surface area (Å²) in [6.07, 6.45) is 1.39. The van der Waals surface area contributed by atoms with E-state index < -0.39 is 0 Å². The fraction of sp³-hybridized carbons (Fsp3) is 0.316. The van der Waals surface area contributed by atoms with E-state index in [-0.39, 0.29) is 11.3 Å². The molecule has 0 spiro atoms. The largest absolute Gasteiger partial charge is 0.376 e. The summed E-state index contributed by atoms with van der Waals surface area (Å²) in [4.78, 5) is 11.5. The number of amides is 1. The lowest BCUT2D eigenvalue weighted by Gasteiger charge is -2.37. The van der Waals surface area contributed by atoms with Crippen LogP contribution in [0.3, 0.4) is 0 Å². The van der Waals surface area contributed by atoms with Crippen molar-refractivity contribution in [2.75, 3.05) is 13.2 Å². The van der Waals surface area contributed by atoms with Gasteiger partial charge in [0, 0.05) is 18.4 Å². The SMILES string of the molecule is O=C1CCC(COCc2ccccc2)(c2ccccc2)CN1. The first-order valence-electron chi connectivity index (χ1n) is 7.72. The molecule has 0 aromatic heterocycles. The average molecular weight is 295 g/mol. The standard InChI is InChI=1S/C19H21NO2/c21-18-11-12-19(14-20-18,17-9-5-2-6-10-17)15-22-13-16-7-3-1-4-8-16/h1-10H,11-15H2,(H,20,21). The molecule has 114 valence electrons. The van der Waals surface area contributed by atoms with E-state index in [1.807, 2.05) is 36.4 Å². The first kappa shape index (κ1) is 14.8. The summed E-state index contributed by atoms with van der Waals surface area (Å²) < 4.78 is 6.00. The van der Waals surface area contributed by atoms with Crippen LogP contribution in [-0.2, 0) is 21.6 Å². The molecule has 1 N–H and O–H groups in total. The smallest absolute Gasteiger partial charge is 0.220 e. The maximum absolute atomic E-state index is 11.5. The van der Waals surface area contributed by atoms with Crippen LogP contribution in [0.4, 0.5) is 0 Å². The fourth-order valence-corrected chi connectivity index (χ4v) is 2.98. The third kappa shape index (κ3) is 3.37. The van der Waals surface area contributed by atoms with Crippen LogP contribution >= 0.6 is 0 Å². The number of ether oxygens (including phenoxy) is 1. The van der Waals surface area contributed by atoms with Crippen molar-refractivity contribution < 1.29 is 9.53 Å². The Bertz CT molecular complexity index is 600. The molecular formula is C19H21NO2. The van der Waals surface area contributed by atoms with Crippen LogP contribution in [0.25, 0.3) is 0 Å². The average Bonchev–Trinajstić information content (AvgIpc) is 2.59. The van der Waals surface area contributed by atoms with Gasteiger partial charge in [0.1, 0.15) is 0 Å². The van der Waals surface area contributed by atoms with E-state index in [9.17, 15) is 4.79 Å². The van der Waals surface area contributed by atoms with Gasteiger partial charge >= 0.3 is 0 Å². The predicted octanol–water partition coefficient (Wildman–Crippen LogP) is 3.05. The van der Waals surface area contributed by atoms with Gasteiger partial charge in [-0.1, -0.05) is 60.7 Å². The molecule has 0 aliphatic carbocycles. The second-order valence-corrected chi connectivity index (χ2v) is 5.90. The van der Waals surface area contributed by atoms with E-state index in [1.165, 1.54) is 11.1 Å². The van der Waals surface area contributed by atoms with E-state index in [4.69, 9.17) is 4.74 Å². The molecule has 0 saturated carbocycles. The Morgan fingerprint density at radius 3 is 2.32 bits per heavy atom. The van der Waals surface area contributed by atoms with Crippen molar-refractivity contribution in [1.29, 1.82) is 0 Å². The van der Waals surface area contributed by atoms with Gasteiger partial charge in [-0.15, -0.1) is 0 Å². The first-order valence-corrected chi connectivity index (χ1v) is 7.72. The molecule has 1 fully saturated rings. The molecule has 1 amide bonds. The zero-order chi connectivity index (χ0) is 15.3. The number of piperidine rings is 1. The molecule has 2 aromatic carbocycles. The van der Waals surface area contributed by atoms with E-state index in [0.717, 1.165) is 6.42 Å². The van der Waals surface area contributed by atoms with Crippen molar-refractivity contribution in [3.63, 3.8) is 0 Å². The monoisotopic (exact) mass is 295 g/mol. The van der Waals surface area contributed by atoms with Crippen molar-refractivity contribution in [1.82, 2.24) is 5.32 Å². The van der Waals surface area contributed by atoms with Crippen molar-refractivity contribution in [2.24, 2.45) is 0 Å². The Hall–Kier alpha value is -2.13. The number of carbonyl (C=O) groups is 1. The van der Waals surface area contributed by atoms with Crippen molar-refractivity contribution in [2.45, 2.75) is 24.9 Å². The van der Waals surface area contributed by atoms with Crippen molar-refractivity contribution in [3.05, 3.63) is 71.8 Å². The van der Waals surface area contributed by atoms with Gasteiger partial charge in [-0.05, 0) is 17.5 Å². The van der Waals surface area contributed by atoms with E-state index in [2.05, 4.69) is 29.6 Å². The van der Waals surface area contributed by atoms with Crippen LogP contribution in [0.5, 0.6) is 0 Å². The van der Waals surface area contributed by atoms with E-state index in [1.54, 1.807) is 0 Å². The lowest BCUT2D eigenvalue weighted by Crippen LogP contribution is -2.48. The predicted molar refractivity (Wildman–Crippen MR) is 86.5 cm³/mol. The van der Waals surface area contributed by atoms with Gasteiger partial charge < -0.3 is 10.1 Å². The topological polar surface area (TPSA) is 38.3 Å². The zero-order valence-corrected chi connectivity index (χ0v) is 12.6. The maximum atomic E-state index is 11.5. The number of benzene rings is 2. The molecule has 0 bridgehead atoms. The molecular weight excluding hydrogens is 274 g/mol. The van der Waals surface area contributed by atoms with Gasteiger partial charge in [-0.2, -0.15) is 0 Å². The van der Waals surface area contributed by atoms with Crippen LogP contribution in [0, 0.1) is 0 Å². The third-order valence-corrected chi connectivity index (χ3v) is 4.33.